The Bertz CT molecular complexity index is 497. The first-order valence-corrected chi connectivity index (χ1v) is 4.66. The maximum absolute atomic E-state index is 12.8. The molecule has 6 heteroatoms. The number of ether oxygens (including phenoxy) is 1. The van der Waals surface area contributed by atoms with Crippen LogP contribution in [0.3, 0.4) is 0 Å². The molecule has 0 aliphatic rings. The third-order valence-electron chi connectivity index (χ3n) is 2.08. The van der Waals surface area contributed by atoms with Crippen LogP contribution in [0.5, 0.6) is 5.88 Å². The molecule has 0 bridgehead atoms. The molecule has 2 aromatic heterocycles. The van der Waals surface area contributed by atoms with E-state index in [-0.39, 0.29) is 5.88 Å². The monoisotopic (exact) mass is 222 g/mol. The number of rotatable bonds is 3. The lowest BCUT2D eigenvalue weighted by molar-refractivity contribution is 0.380. The Hall–Kier alpha value is -2.11. The second-order valence-electron chi connectivity index (χ2n) is 3.27. The van der Waals surface area contributed by atoms with E-state index in [1.54, 1.807) is 23.1 Å². The fraction of sp³-hybridized carbons (Fsp3) is 0.200. The second-order valence-corrected chi connectivity index (χ2v) is 3.27. The lowest BCUT2D eigenvalue weighted by atomic mass is 10.2. The minimum atomic E-state index is -0.569. The minimum absolute atomic E-state index is 0.258. The number of anilines is 1. The fourth-order valence-corrected chi connectivity index (χ4v) is 1.38. The van der Waals surface area contributed by atoms with Crippen molar-refractivity contribution in [2.45, 2.75) is 6.54 Å². The number of aromatic nitrogens is 3. The van der Waals surface area contributed by atoms with E-state index in [2.05, 4.69) is 10.1 Å². The van der Waals surface area contributed by atoms with Crippen molar-refractivity contribution in [1.29, 1.82) is 0 Å². The molecule has 0 aliphatic heterocycles. The molecule has 2 aromatic rings. The zero-order chi connectivity index (χ0) is 11.5. The first kappa shape index (κ1) is 10.4. The van der Waals surface area contributed by atoms with Gasteiger partial charge in [0.05, 0.1) is 25.5 Å². The smallest absolute Gasteiger partial charge is 0.220 e. The molecule has 84 valence electrons. The van der Waals surface area contributed by atoms with Gasteiger partial charge in [0.2, 0.25) is 11.8 Å². The van der Waals surface area contributed by atoms with Gasteiger partial charge in [0.1, 0.15) is 0 Å². The zero-order valence-electron chi connectivity index (χ0n) is 8.72. The van der Waals surface area contributed by atoms with E-state index in [0.717, 1.165) is 5.56 Å². The highest BCUT2D eigenvalue weighted by atomic mass is 19.1. The van der Waals surface area contributed by atoms with E-state index in [1.807, 2.05) is 0 Å². The lowest BCUT2D eigenvalue weighted by Crippen LogP contribution is -2.04. The van der Waals surface area contributed by atoms with Gasteiger partial charge in [-0.3, -0.25) is 4.68 Å². The quantitative estimate of drug-likeness (QED) is 0.788. The van der Waals surface area contributed by atoms with Gasteiger partial charge in [0.25, 0.3) is 0 Å². The second kappa shape index (κ2) is 4.18. The third kappa shape index (κ3) is 2.10. The van der Waals surface area contributed by atoms with E-state index >= 15 is 0 Å². The largest absolute Gasteiger partial charge is 0.481 e. The molecule has 2 rings (SSSR count). The molecule has 0 aromatic carbocycles. The van der Waals surface area contributed by atoms with Crippen molar-refractivity contribution in [3.8, 4) is 5.88 Å². The summed E-state index contributed by atoms with van der Waals surface area (Å²) in [5, 5.41) is 4.02. The molecule has 0 amide bonds. The summed E-state index contributed by atoms with van der Waals surface area (Å²) in [7, 11) is 1.45. The van der Waals surface area contributed by atoms with Gasteiger partial charge < -0.3 is 10.5 Å². The van der Waals surface area contributed by atoms with Crippen molar-refractivity contribution in [3.63, 3.8) is 0 Å². The predicted octanol–water partition coefficient (Wildman–Crippen LogP) is 1.06. The zero-order valence-corrected chi connectivity index (χ0v) is 8.72. The van der Waals surface area contributed by atoms with Gasteiger partial charge in [-0.05, 0) is 12.1 Å². The van der Waals surface area contributed by atoms with Crippen molar-refractivity contribution in [1.82, 2.24) is 14.8 Å². The van der Waals surface area contributed by atoms with Crippen molar-refractivity contribution in [2.24, 2.45) is 0 Å². The summed E-state index contributed by atoms with van der Waals surface area (Å²) in [6.45, 7) is 0.438. The van der Waals surface area contributed by atoms with E-state index in [1.165, 1.54) is 13.2 Å². The molecule has 0 fully saturated rings. The highest BCUT2D eigenvalue weighted by molar-refractivity contribution is 5.32. The molecular formula is C10H11FN4O. The Labute approximate surface area is 91.7 Å². The molecule has 16 heavy (non-hydrogen) atoms. The molecule has 5 nitrogen and oxygen atoms in total. The Balaban J connectivity index is 2.27. The Morgan fingerprint density at radius 3 is 2.94 bits per heavy atom. The molecule has 0 spiro atoms. The van der Waals surface area contributed by atoms with Crippen LogP contribution in [0.4, 0.5) is 10.1 Å². The minimum Gasteiger partial charge on any atom is -0.481 e. The van der Waals surface area contributed by atoms with Crippen molar-refractivity contribution >= 4 is 5.69 Å². The summed E-state index contributed by atoms with van der Waals surface area (Å²) in [4.78, 5) is 3.63. The first-order chi connectivity index (χ1) is 7.69. The van der Waals surface area contributed by atoms with Gasteiger partial charge in [-0.15, -0.1) is 0 Å². The van der Waals surface area contributed by atoms with Gasteiger partial charge in [-0.2, -0.15) is 14.5 Å². The molecule has 2 N–H and O–H groups in total. The highest BCUT2D eigenvalue weighted by Crippen LogP contribution is 2.16. The van der Waals surface area contributed by atoms with E-state index < -0.39 is 5.95 Å². The summed E-state index contributed by atoms with van der Waals surface area (Å²) in [5.41, 5.74) is 6.86. The number of halogens is 1. The van der Waals surface area contributed by atoms with Crippen LogP contribution in [0.1, 0.15) is 5.56 Å². The highest BCUT2D eigenvalue weighted by Gasteiger charge is 2.07. The van der Waals surface area contributed by atoms with Crippen LogP contribution in [-0.4, -0.2) is 21.9 Å². The lowest BCUT2D eigenvalue weighted by Gasteiger charge is -2.06. The number of hydrogen-bond acceptors (Lipinski definition) is 4. The third-order valence-corrected chi connectivity index (χ3v) is 2.08. The molecule has 2 heterocycles. The standard InChI is InChI=1S/C10H11FN4O/c1-16-10-7(2-3-9(11)14-10)5-15-6-8(12)4-13-15/h2-4,6H,5,12H2,1H3. The van der Waals surface area contributed by atoms with Crippen LogP contribution in [-0.2, 0) is 6.54 Å². The van der Waals surface area contributed by atoms with Gasteiger partial charge in [0.15, 0.2) is 0 Å². The number of hydrogen-bond donors (Lipinski definition) is 1. The summed E-state index contributed by atoms with van der Waals surface area (Å²) in [5.74, 6) is -0.311. The average Bonchev–Trinajstić information content (AvgIpc) is 2.67. The summed E-state index contributed by atoms with van der Waals surface area (Å²) >= 11 is 0. The first-order valence-electron chi connectivity index (χ1n) is 4.66. The topological polar surface area (TPSA) is 66.0 Å². The summed E-state index contributed by atoms with van der Waals surface area (Å²) < 4.78 is 19.5. The van der Waals surface area contributed by atoms with Crippen LogP contribution < -0.4 is 10.5 Å². The molecule has 0 radical (unpaired) electrons. The summed E-state index contributed by atoms with van der Waals surface area (Å²) in [6.07, 6.45) is 3.23. The molecular weight excluding hydrogens is 211 g/mol. The predicted molar refractivity (Wildman–Crippen MR) is 56.5 cm³/mol. The average molecular weight is 222 g/mol. The SMILES string of the molecule is COc1nc(F)ccc1Cn1cc(N)cn1. The van der Waals surface area contributed by atoms with Crippen LogP contribution in [0.2, 0.25) is 0 Å². The van der Waals surface area contributed by atoms with Gasteiger partial charge in [0, 0.05) is 11.8 Å². The van der Waals surface area contributed by atoms with Crippen LogP contribution in [0.25, 0.3) is 0 Å². The van der Waals surface area contributed by atoms with E-state index in [0.29, 0.717) is 12.2 Å². The molecule has 0 saturated carbocycles. The number of nitrogens with two attached hydrogens (primary N) is 1. The van der Waals surface area contributed by atoms with Crippen LogP contribution in [0.15, 0.2) is 24.5 Å². The fourth-order valence-electron chi connectivity index (χ4n) is 1.38. The van der Waals surface area contributed by atoms with Crippen molar-refractivity contribution in [3.05, 3.63) is 36.0 Å². The summed E-state index contributed by atoms with van der Waals surface area (Å²) in [6, 6.07) is 2.89. The van der Waals surface area contributed by atoms with Gasteiger partial charge >= 0.3 is 0 Å². The number of nitrogens with zero attached hydrogens (tertiary/aromatic N) is 3. The number of pyridine rings is 1. The molecule has 0 aliphatic carbocycles. The van der Waals surface area contributed by atoms with Crippen LogP contribution in [0, 0.1) is 5.95 Å². The Kier molecular flexibility index (Phi) is 2.72. The van der Waals surface area contributed by atoms with Crippen molar-refractivity contribution < 1.29 is 9.13 Å². The van der Waals surface area contributed by atoms with E-state index in [9.17, 15) is 4.39 Å². The van der Waals surface area contributed by atoms with Crippen molar-refractivity contribution in [2.75, 3.05) is 12.8 Å². The molecule has 0 atom stereocenters. The van der Waals surface area contributed by atoms with Gasteiger partial charge in [-0.25, -0.2) is 0 Å². The Morgan fingerprint density at radius 2 is 2.31 bits per heavy atom. The molecule has 0 unspecified atom stereocenters. The van der Waals surface area contributed by atoms with E-state index in [4.69, 9.17) is 10.5 Å². The number of methoxy groups -OCH3 is 1. The maximum Gasteiger partial charge on any atom is 0.220 e. The molecule has 0 saturated heterocycles. The normalized spacial score (nSPS) is 10.4. The van der Waals surface area contributed by atoms with Gasteiger partial charge in [-0.1, -0.05) is 0 Å². The number of nitrogen functional groups attached to an aromatic ring is 1. The van der Waals surface area contributed by atoms with Crippen LogP contribution >= 0.6 is 0 Å². The Morgan fingerprint density at radius 1 is 1.50 bits per heavy atom. The maximum atomic E-state index is 12.8.